The van der Waals surface area contributed by atoms with E-state index in [1.807, 2.05) is 13.8 Å². The minimum atomic E-state index is -4.48. The maximum Gasteiger partial charge on any atom is 0.417 e. The molecule has 1 unspecified atom stereocenters. The number of pyridine rings is 1. The zero-order valence-corrected chi connectivity index (χ0v) is 11.7. The van der Waals surface area contributed by atoms with Crippen LogP contribution >= 0.6 is 11.6 Å². The third kappa shape index (κ3) is 2.60. The molecule has 2 rings (SSSR count). The Labute approximate surface area is 118 Å². The minimum absolute atomic E-state index is 0.0851. The van der Waals surface area contributed by atoms with Crippen molar-refractivity contribution < 1.29 is 13.2 Å². The van der Waals surface area contributed by atoms with E-state index in [1.54, 1.807) is 0 Å². The molecule has 20 heavy (non-hydrogen) atoms. The summed E-state index contributed by atoms with van der Waals surface area (Å²) in [4.78, 5) is 0. The Balaban J connectivity index is 2.67. The summed E-state index contributed by atoms with van der Waals surface area (Å²) < 4.78 is 39.8. The first kappa shape index (κ1) is 15.1. The molecule has 2 aromatic heterocycles. The fourth-order valence-corrected chi connectivity index (χ4v) is 2.30. The van der Waals surface area contributed by atoms with Crippen molar-refractivity contribution in [1.29, 1.82) is 0 Å². The quantitative estimate of drug-likeness (QED) is 0.948. The third-order valence-corrected chi connectivity index (χ3v) is 3.48. The lowest BCUT2D eigenvalue weighted by molar-refractivity contribution is -0.137. The number of halogens is 4. The van der Waals surface area contributed by atoms with Crippen molar-refractivity contribution in [2.45, 2.75) is 25.9 Å². The molecule has 0 bridgehead atoms. The van der Waals surface area contributed by atoms with Gasteiger partial charge in [0.15, 0.2) is 5.65 Å². The van der Waals surface area contributed by atoms with Gasteiger partial charge in [0.25, 0.3) is 0 Å². The van der Waals surface area contributed by atoms with E-state index in [-0.39, 0.29) is 29.1 Å². The molecular weight excluding hydrogens is 293 g/mol. The summed E-state index contributed by atoms with van der Waals surface area (Å²) in [6.07, 6.45) is -3.52. The van der Waals surface area contributed by atoms with Crippen molar-refractivity contribution in [3.05, 3.63) is 28.7 Å². The van der Waals surface area contributed by atoms with Crippen LogP contribution in [0.25, 0.3) is 5.65 Å². The lowest BCUT2D eigenvalue weighted by atomic mass is 9.95. The van der Waals surface area contributed by atoms with E-state index in [9.17, 15) is 13.2 Å². The van der Waals surface area contributed by atoms with Crippen molar-refractivity contribution in [3.63, 3.8) is 0 Å². The standard InChI is InChI=1S/C12H14ClF3N4/c1-6(2)8(4-17)10-18-19-11-9(13)3-7(5-20(10)11)12(14,15)16/h3,5-6,8H,4,17H2,1-2H3. The van der Waals surface area contributed by atoms with Crippen LogP contribution in [0.4, 0.5) is 13.2 Å². The number of hydrogen-bond donors (Lipinski definition) is 1. The first-order valence-corrected chi connectivity index (χ1v) is 6.45. The summed E-state index contributed by atoms with van der Waals surface area (Å²) in [6, 6.07) is 0.849. The van der Waals surface area contributed by atoms with Gasteiger partial charge in [0.05, 0.1) is 10.6 Å². The normalized spacial score (nSPS) is 14.2. The Bertz CT molecular complexity index is 621. The van der Waals surface area contributed by atoms with E-state index in [0.29, 0.717) is 5.82 Å². The Morgan fingerprint density at radius 2 is 2.00 bits per heavy atom. The maximum absolute atomic E-state index is 12.8. The summed E-state index contributed by atoms with van der Waals surface area (Å²) in [7, 11) is 0. The van der Waals surface area contributed by atoms with E-state index in [2.05, 4.69) is 10.2 Å². The van der Waals surface area contributed by atoms with Gasteiger partial charge in [0.2, 0.25) is 0 Å². The van der Waals surface area contributed by atoms with Crippen molar-refractivity contribution in [2.75, 3.05) is 6.54 Å². The highest BCUT2D eigenvalue weighted by atomic mass is 35.5. The SMILES string of the molecule is CC(C)C(CN)c1nnc2c(Cl)cc(C(F)(F)F)cn12. The van der Waals surface area contributed by atoms with Crippen LogP contribution in [0.2, 0.25) is 5.02 Å². The number of hydrogen-bond acceptors (Lipinski definition) is 3. The third-order valence-electron chi connectivity index (χ3n) is 3.20. The van der Waals surface area contributed by atoms with E-state index < -0.39 is 11.7 Å². The Morgan fingerprint density at radius 1 is 1.35 bits per heavy atom. The van der Waals surface area contributed by atoms with Crippen LogP contribution in [0.5, 0.6) is 0 Å². The molecule has 0 saturated carbocycles. The first-order chi connectivity index (χ1) is 9.25. The van der Waals surface area contributed by atoms with Gasteiger partial charge >= 0.3 is 6.18 Å². The summed E-state index contributed by atoms with van der Waals surface area (Å²) in [5.41, 5.74) is 5.05. The second kappa shape index (κ2) is 5.21. The maximum atomic E-state index is 12.8. The van der Waals surface area contributed by atoms with E-state index in [1.165, 1.54) is 4.40 Å². The largest absolute Gasteiger partial charge is 0.417 e. The predicted octanol–water partition coefficient (Wildman–Crippen LogP) is 3.10. The molecule has 0 saturated heterocycles. The summed E-state index contributed by atoms with van der Waals surface area (Å²) in [6.45, 7) is 4.12. The molecule has 2 heterocycles. The van der Waals surface area contributed by atoms with Gasteiger partial charge in [-0.1, -0.05) is 25.4 Å². The lowest BCUT2D eigenvalue weighted by Gasteiger charge is -2.17. The van der Waals surface area contributed by atoms with Crippen molar-refractivity contribution in [1.82, 2.24) is 14.6 Å². The molecule has 0 amide bonds. The van der Waals surface area contributed by atoms with Crippen LogP contribution < -0.4 is 5.73 Å². The molecule has 2 N–H and O–H groups in total. The number of fused-ring (bicyclic) bond motifs is 1. The molecule has 4 nitrogen and oxygen atoms in total. The summed E-state index contributed by atoms with van der Waals surface area (Å²) in [5.74, 6) is 0.329. The molecule has 2 aromatic rings. The number of nitrogens with two attached hydrogens (primary N) is 1. The lowest BCUT2D eigenvalue weighted by Crippen LogP contribution is -2.20. The molecule has 0 aromatic carbocycles. The van der Waals surface area contributed by atoms with Gasteiger partial charge in [-0.2, -0.15) is 13.2 Å². The highest BCUT2D eigenvalue weighted by molar-refractivity contribution is 6.33. The summed E-state index contributed by atoms with van der Waals surface area (Å²) in [5, 5.41) is 7.72. The minimum Gasteiger partial charge on any atom is -0.330 e. The molecule has 8 heteroatoms. The number of alkyl halides is 3. The second-order valence-electron chi connectivity index (χ2n) is 4.91. The Kier molecular flexibility index (Phi) is 3.93. The van der Waals surface area contributed by atoms with Crippen molar-refractivity contribution >= 4 is 17.2 Å². The molecule has 1 atom stereocenters. The first-order valence-electron chi connectivity index (χ1n) is 6.07. The fraction of sp³-hybridized carbons (Fsp3) is 0.500. The average molecular weight is 307 g/mol. The Hall–Kier alpha value is -1.34. The van der Waals surface area contributed by atoms with Gasteiger partial charge in [0.1, 0.15) is 5.82 Å². The second-order valence-corrected chi connectivity index (χ2v) is 5.32. The molecule has 0 aliphatic rings. The summed E-state index contributed by atoms with van der Waals surface area (Å²) >= 11 is 5.85. The zero-order chi connectivity index (χ0) is 15.1. The van der Waals surface area contributed by atoms with Crippen molar-refractivity contribution in [2.24, 2.45) is 11.7 Å². The highest BCUT2D eigenvalue weighted by Gasteiger charge is 2.33. The average Bonchev–Trinajstić information content (AvgIpc) is 2.73. The van der Waals surface area contributed by atoms with Gasteiger partial charge in [-0.3, -0.25) is 4.40 Å². The van der Waals surface area contributed by atoms with Crippen LogP contribution in [0, 0.1) is 5.92 Å². The van der Waals surface area contributed by atoms with Gasteiger partial charge in [-0.05, 0) is 12.0 Å². The number of rotatable bonds is 3. The van der Waals surface area contributed by atoms with Crippen LogP contribution in [-0.2, 0) is 6.18 Å². The molecule has 0 aliphatic carbocycles. The fourth-order valence-electron chi connectivity index (χ4n) is 2.05. The van der Waals surface area contributed by atoms with E-state index in [0.717, 1.165) is 12.3 Å². The van der Waals surface area contributed by atoms with Crippen LogP contribution in [0.1, 0.15) is 31.2 Å². The molecule has 110 valence electrons. The van der Waals surface area contributed by atoms with Crippen LogP contribution in [0.15, 0.2) is 12.3 Å². The van der Waals surface area contributed by atoms with Gasteiger partial charge in [-0.15, -0.1) is 10.2 Å². The van der Waals surface area contributed by atoms with Gasteiger partial charge in [0, 0.05) is 18.7 Å². The molecule has 0 aliphatic heterocycles. The predicted molar refractivity (Wildman–Crippen MR) is 69.6 cm³/mol. The van der Waals surface area contributed by atoms with Crippen LogP contribution in [0.3, 0.4) is 0 Å². The van der Waals surface area contributed by atoms with Gasteiger partial charge < -0.3 is 5.73 Å². The highest BCUT2D eigenvalue weighted by Crippen LogP contribution is 2.33. The smallest absolute Gasteiger partial charge is 0.330 e. The molecule has 0 fully saturated rings. The number of aromatic nitrogens is 3. The monoisotopic (exact) mass is 306 g/mol. The Morgan fingerprint density at radius 3 is 2.50 bits per heavy atom. The van der Waals surface area contributed by atoms with E-state index in [4.69, 9.17) is 17.3 Å². The number of nitrogens with zero attached hydrogens (tertiary/aromatic N) is 3. The molecular formula is C12H14ClF3N4. The van der Waals surface area contributed by atoms with Gasteiger partial charge in [-0.25, -0.2) is 0 Å². The molecule has 0 spiro atoms. The van der Waals surface area contributed by atoms with E-state index >= 15 is 0 Å². The van der Waals surface area contributed by atoms with Crippen molar-refractivity contribution in [3.8, 4) is 0 Å². The van der Waals surface area contributed by atoms with Crippen LogP contribution in [-0.4, -0.2) is 21.1 Å². The zero-order valence-electron chi connectivity index (χ0n) is 10.9. The molecule has 0 radical (unpaired) electrons. The topological polar surface area (TPSA) is 56.2 Å².